The Morgan fingerprint density at radius 1 is 1.29 bits per heavy atom. The maximum Gasteiger partial charge on any atom is 0.226 e. The van der Waals surface area contributed by atoms with Gasteiger partial charge in [0.2, 0.25) is 5.91 Å². The molecule has 17 heavy (non-hydrogen) atoms. The number of hydrogen-bond donors (Lipinski definition) is 2. The molecule has 0 radical (unpaired) electrons. The lowest BCUT2D eigenvalue weighted by atomic mass is 9.80. The van der Waals surface area contributed by atoms with Gasteiger partial charge in [-0.15, -0.1) is 0 Å². The number of carbonyl (C=O) groups excluding carboxylic acids is 1. The zero-order valence-electron chi connectivity index (χ0n) is 11.1. The maximum absolute atomic E-state index is 12.3. The minimum Gasteiger partial charge on any atom is -0.353 e. The quantitative estimate of drug-likeness (QED) is 0.741. The molecule has 0 bridgehead atoms. The predicted octanol–water partition coefficient (Wildman–Crippen LogP) is 0.587. The molecule has 1 amide bonds. The Morgan fingerprint density at radius 2 is 1.88 bits per heavy atom. The summed E-state index contributed by atoms with van der Waals surface area (Å²) in [5.41, 5.74) is -0.144. The molecule has 0 saturated carbocycles. The summed E-state index contributed by atoms with van der Waals surface area (Å²) in [7, 11) is 2.14. The molecule has 2 aliphatic rings. The average molecular weight is 239 g/mol. The van der Waals surface area contributed by atoms with Crippen LogP contribution in [0.3, 0.4) is 0 Å². The molecule has 0 aromatic heterocycles. The van der Waals surface area contributed by atoms with E-state index in [1.807, 2.05) is 0 Å². The van der Waals surface area contributed by atoms with Gasteiger partial charge in [-0.05, 0) is 58.9 Å². The molecule has 2 saturated heterocycles. The largest absolute Gasteiger partial charge is 0.353 e. The molecule has 98 valence electrons. The second kappa shape index (κ2) is 5.36. The van der Waals surface area contributed by atoms with Crippen LogP contribution in [0.25, 0.3) is 0 Å². The molecule has 2 rings (SSSR count). The van der Waals surface area contributed by atoms with E-state index in [0.29, 0.717) is 6.04 Å². The molecule has 4 heteroatoms. The average Bonchev–Trinajstić information content (AvgIpc) is 2.33. The van der Waals surface area contributed by atoms with Crippen molar-refractivity contribution in [1.29, 1.82) is 0 Å². The summed E-state index contributed by atoms with van der Waals surface area (Å²) in [5.74, 6) is 0.272. The summed E-state index contributed by atoms with van der Waals surface area (Å²) in [5, 5.41) is 6.57. The molecule has 0 aliphatic carbocycles. The van der Waals surface area contributed by atoms with Crippen molar-refractivity contribution in [1.82, 2.24) is 15.5 Å². The number of likely N-dealkylation sites (tertiary alicyclic amines) is 1. The molecule has 0 aromatic carbocycles. The lowest BCUT2D eigenvalue weighted by Crippen LogP contribution is -2.51. The van der Waals surface area contributed by atoms with Crippen LogP contribution in [0.1, 0.15) is 32.6 Å². The van der Waals surface area contributed by atoms with Crippen LogP contribution in [0.2, 0.25) is 0 Å². The first-order valence-corrected chi connectivity index (χ1v) is 6.80. The van der Waals surface area contributed by atoms with E-state index >= 15 is 0 Å². The molecular formula is C13H25N3O. The van der Waals surface area contributed by atoms with E-state index in [1.54, 1.807) is 0 Å². The van der Waals surface area contributed by atoms with E-state index in [4.69, 9.17) is 0 Å². The van der Waals surface area contributed by atoms with Crippen molar-refractivity contribution in [3.63, 3.8) is 0 Å². The van der Waals surface area contributed by atoms with Gasteiger partial charge in [0.05, 0.1) is 0 Å². The van der Waals surface area contributed by atoms with Crippen LogP contribution in [0, 0.1) is 5.41 Å². The van der Waals surface area contributed by atoms with Crippen LogP contribution >= 0.6 is 0 Å². The summed E-state index contributed by atoms with van der Waals surface area (Å²) in [4.78, 5) is 14.6. The third-order valence-corrected chi connectivity index (χ3v) is 4.31. The Kier molecular flexibility index (Phi) is 4.05. The third-order valence-electron chi connectivity index (χ3n) is 4.31. The van der Waals surface area contributed by atoms with Crippen LogP contribution in [-0.4, -0.2) is 50.1 Å². The Balaban J connectivity index is 1.83. The molecule has 4 nitrogen and oxygen atoms in total. The van der Waals surface area contributed by atoms with E-state index in [1.165, 1.54) is 0 Å². The number of nitrogens with zero attached hydrogens (tertiary/aromatic N) is 1. The van der Waals surface area contributed by atoms with Crippen LogP contribution < -0.4 is 10.6 Å². The lowest BCUT2D eigenvalue weighted by molar-refractivity contribution is -0.132. The molecule has 2 heterocycles. The highest BCUT2D eigenvalue weighted by atomic mass is 16.2. The number of nitrogens with one attached hydrogen (secondary N) is 2. The number of rotatable bonds is 2. The van der Waals surface area contributed by atoms with Gasteiger partial charge in [-0.3, -0.25) is 4.79 Å². The van der Waals surface area contributed by atoms with Crippen LogP contribution in [0.4, 0.5) is 0 Å². The highest BCUT2D eigenvalue weighted by Crippen LogP contribution is 2.28. The minimum absolute atomic E-state index is 0.144. The highest BCUT2D eigenvalue weighted by Gasteiger charge is 2.35. The second-order valence-corrected chi connectivity index (χ2v) is 5.86. The zero-order valence-corrected chi connectivity index (χ0v) is 11.1. The zero-order chi connectivity index (χ0) is 12.3. The molecule has 0 atom stereocenters. The van der Waals surface area contributed by atoms with Gasteiger partial charge in [-0.1, -0.05) is 6.92 Å². The molecule has 0 aromatic rings. The van der Waals surface area contributed by atoms with Crippen molar-refractivity contribution >= 4 is 5.91 Å². The Bertz CT molecular complexity index is 266. The Morgan fingerprint density at radius 3 is 2.47 bits per heavy atom. The molecule has 0 unspecified atom stereocenters. The number of piperidine rings is 2. The first-order chi connectivity index (χ1) is 8.10. The van der Waals surface area contributed by atoms with E-state index in [0.717, 1.165) is 51.9 Å². The fourth-order valence-electron chi connectivity index (χ4n) is 2.72. The highest BCUT2D eigenvalue weighted by molar-refractivity contribution is 5.82. The van der Waals surface area contributed by atoms with Crippen molar-refractivity contribution in [2.75, 3.05) is 33.2 Å². The van der Waals surface area contributed by atoms with Crippen LogP contribution in [0.5, 0.6) is 0 Å². The van der Waals surface area contributed by atoms with Gasteiger partial charge >= 0.3 is 0 Å². The smallest absolute Gasteiger partial charge is 0.226 e. The maximum atomic E-state index is 12.3. The molecule has 2 N–H and O–H groups in total. The van der Waals surface area contributed by atoms with Crippen LogP contribution in [-0.2, 0) is 4.79 Å². The van der Waals surface area contributed by atoms with Crippen LogP contribution in [0.15, 0.2) is 0 Å². The number of carbonyl (C=O) groups is 1. The van der Waals surface area contributed by atoms with Gasteiger partial charge in [0.25, 0.3) is 0 Å². The SMILES string of the molecule is CN1CCC(NC(=O)C2(C)CCNCC2)CC1. The van der Waals surface area contributed by atoms with E-state index in [2.05, 4.69) is 29.5 Å². The standard InChI is InChI=1S/C13H25N3O/c1-13(5-7-14-8-6-13)12(17)15-11-3-9-16(2)10-4-11/h11,14H,3-10H2,1-2H3,(H,15,17). The first kappa shape index (κ1) is 12.8. The van der Waals surface area contributed by atoms with E-state index < -0.39 is 0 Å². The van der Waals surface area contributed by atoms with E-state index in [-0.39, 0.29) is 11.3 Å². The summed E-state index contributed by atoms with van der Waals surface area (Å²) >= 11 is 0. The van der Waals surface area contributed by atoms with Gasteiger partial charge in [0.1, 0.15) is 0 Å². The number of hydrogen-bond acceptors (Lipinski definition) is 3. The molecular weight excluding hydrogens is 214 g/mol. The predicted molar refractivity (Wildman–Crippen MR) is 68.9 cm³/mol. The van der Waals surface area contributed by atoms with Crippen molar-refractivity contribution in [2.24, 2.45) is 5.41 Å². The summed E-state index contributed by atoms with van der Waals surface area (Å²) < 4.78 is 0. The Labute approximate surface area is 104 Å². The molecule has 2 fully saturated rings. The van der Waals surface area contributed by atoms with Gasteiger partial charge in [-0.2, -0.15) is 0 Å². The second-order valence-electron chi connectivity index (χ2n) is 5.86. The fraction of sp³-hybridized carbons (Fsp3) is 0.923. The lowest BCUT2D eigenvalue weighted by Gasteiger charge is -2.36. The normalized spacial score (nSPS) is 26.7. The topological polar surface area (TPSA) is 44.4 Å². The summed E-state index contributed by atoms with van der Waals surface area (Å²) in [6.45, 7) is 6.25. The van der Waals surface area contributed by atoms with Gasteiger partial charge < -0.3 is 15.5 Å². The van der Waals surface area contributed by atoms with E-state index in [9.17, 15) is 4.79 Å². The molecule has 2 aliphatic heterocycles. The van der Waals surface area contributed by atoms with Crippen molar-refractivity contribution in [2.45, 2.75) is 38.6 Å². The third kappa shape index (κ3) is 3.19. The van der Waals surface area contributed by atoms with Gasteiger partial charge in [0.15, 0.2) is 0 Å². The summed E-state index contributed by atoms with van der Waals surface area (Å²) in [6, 6.07) is 0.394. The number of amides is 1. The minimum atomic E-state index is -0.144. The molecule has 0 spiro atoms. The van der Waals surface area contributed by atoms with Crippen molar-refractivity contribution < 1.29 is 4.79 Å². The first-order valence-electron chi connectivity index (χ1n) is 6.80. The van der Waals surface area contributed by atoms with Gasteiger partial charge in [-0.25, -0.2) is 0 Å². The fourth-order valence-corrected chi connectivity index (χ4v) is 2.72. The van der Waals surface area contributed by atoms with Gasteiger partial charge in [0, 0.05) is 11.5 Å². The Hall–Kier alpha value is -0.610. The van der Waals surface area contributed by atoms with Crippen molar-refractivity contribution in [3.05, 3.63) is 0 Å². The van der Waals surface area contributed by atoms with Crippen molar-refractivity contribution in [3.8, 4) is 0 Å². The summed E-state index contributed by atoms with van der Waals surface area (Å²) in [6.07, 6.45) is 4.12. The monoisotopic (exact) mass is 239 g/mol.